The summed E-state index contributed by atoms with van der Waals surface area (Å²) in [6.45, 7) is 2.79. The number of benzene rings is 3. The number of carbonyl (C=O) groups excluding carboxylic acids is 1. The van der Waals surface area contributed by atoms with Crippen molar-refractivity contribution >= 4 is 6.03 Å². The number of nitrogens with one attached hydrogen (secondary N) is 1. The molecule has 6 rings (SSSR count). The number of fused-ring (bicyclic) bond motifs is 3. The number of aryl methyl sites for hydroxylation is 1. The Balaban J connectivity index is 1.44. The van der Waals surface area contributed by atoms with Gasteiger partial charge in [0.05, 0.1) is 29.7 Å². The minimum absolute atomic E-state index is 0.206. The number of aromatic nitrogens is 3. The first-order chi connectivity index (χ1) is 18.6. The summed E-state index contributed by atoms with van der Waals surface area (Å²) >= 11 is 0. The second-order valence-corrected chi connectivity index (χ2v) is 9.49. The fourth-order valence-electron chi connectivity index (χ4n) is 5.24. The number of hydrogen-bond acceptors (Lipinski definition) is 2. The van der Waals surface area contributed by atoms with E-state index in [1.165, 1.54) is 12.1 Å². The molecule has 1 atom stereocenters. The molecule has 5 aromatic rings. The molecule has 2 aromatic heterocycles. The summed E-state index contributed by atoms with van der Waals surface area (Å²) < 4.78 is 18.5. The lowest BCUT2D eigenvalue weighted by Crippen LogP contribution is -2.42. The molecule has 1 N–H and O–H groups in total. The van der Waals surface area contributed by atoms with Gasteiger partial charge in [-0.15, -0.1) is 0 Å². The number of rotatable bonds is 5. The van der Waals surface area contributed by atoms with Crippen LogP contribution in [0.1, 0.15) is 34.1 Å². The van der Waals surface area contributed by atoms with Gasteiger partial charge in [-0.3, -0.25) is 0 Å². The van der Waals surface area contributed by atoms with Crippen molar-refractivity contribution in [3.05, 3.63) is 137 Å². The molecule has 0 saturated carbocycles. The third-order valence-corrected chi connectivity index (χ3v) is 7.04. The number of amides is 2. The summed E-state index contributed by atoms with van der Waals surface area (Å²) in [6, 6.07) is 29.8. The van der Waals surface area contributed by atoms with Gasteiger partial charge in [0.25, 0.3) is 0 Å². The Bertz CT molecular complexity index is 1570. The number of para-hydroxylation sites is 1. The summed E-state index contributed by atoms with van der Waals surface area (Å²) in [5, 5.41) is 7.98. The van der Waals surface area contributed by atoms with Crippen LogP contribution in [0.2, 0.25) is 0 Å². The molecule has 0 saturated heterocycles. The van der Waals surface area contributed by atoms with Gasteiger partial charge >= 0.3 is 6.03 Å². The van der Waals surface area contributed by atoms with Crippen molar-refractivity contribution in [2.24, 2.45) is 0 Å². The summed E-state index contributed by atoms with van der Waals surface area (Å²) in [4.78, 5) is 15.6. The predicted octanol–water partition coefficient (Wildman–Crippen LogP) is 5.97. The molecule has 6 nitrogen and oxygen atoms in total. The standard InChI is InChI=1S/C31H28FN5O/c1-22-27-21-36(31(38)33-18-17-23-10-4-2-5-11-23)29(24-12-8-13-25(32)20-24)28-16-9-19-35(28)30(27)37(34-22)26-14-6-3-7-15-26/h2-16,19-20,29H,17-18,21H2,1H3,(H,33,38). The molecule has 0 spiro atoms. The van der Waals surface area contributed by atoms with Gasteiger partial charge in [0, 0.05) is 18.3 Å². The van der Waals surface area contributed by atoms with Crippen molar-refractivity contribution in [3.63, 3.8) is 0 Å². The maximum Gasteiger partial charge on any atom is 0.318 e. The molecular formula is C31H28FN5O. The summed E-state index contributed by atoms with van der Waals surface area (Å²) in [5.41, 5.74) is 5.45. The zero-order valence-electron chi connectivity index (χ0n) is 21.1. The van der Waals surface area contributed by atoms with Gasteiger partial charge < -0.3 is 14.8 Å². The van der Waals surface area contributed by atoms with E-state index in [4.69, 9.17) is 5.10 Å². The fraction of sp³-hybridized carbons (Fsp3) is 0.161. The third kappa shape index (κ3) is 4.36. The monoisotopic (exact) mass is 505 g/mol. The van der Waals surface area contributed by atoms with Gasteiger partial charge in [0.2, 0.25) is 0 Å². The van der Waals surface area contributed by atoms with Crippen LogP contribution in [-0.4, -0.2) is 31.8 Å². The number of nitrogens with zero attached hydrogens (tertiary/aromatic N) is 4. The van der Waals surface area contributed by atoms with Gasteiger partial charge in [-0.2, -0.15) is 5.10 Å². The van der Waals surface area contributed by atoms with Crippen molar-refractivity contribution in [2.75, 3.05) is 6.54 Å². The van der Waals surface area contributed by atoms with Gasteiger partial charge in [-0.25, -0.2) is 13.9 Å². The predicted molar refractivity (Wildman–Crippen MR) is 145 cm³/mol. The lowest BCUT2D eigenvalue weighted by atomic mass is 10.0. The average molecular weight is 506 g/mol. The van der Waals surface area contributed by atoms with E-state index in [1.807, 2.05) is 96.7 Å². The molecule has 7 heteroatoms. The quantitative estimate of drug-likeness (QED) is 0.320. The topological polar surface area (TPSA) is 55.1 Å². The van der Waals surface area contributed by atoms with Gasteiger partial charge in [-0.05, 0) is 60.9 Å². The van der Waals surface area contributed by atoms with Crippen LogP contribution in [0.3, 0.4) is 0 Å². The van der Waals surface area contributed by atoms with Crippen LogP contribution in [0.15, 0.2) is 103 Å². The summed E-state index contributed by atoms with van der Waals surface area (Å²) in [6.07, 6.45) is 2.70. The molecule has 3 heterocycles. The lowest BCUT2D eigenvalue weighted by molar-refractivity contribution is 0.180. The largest absolute Gasteiger partial charge is 0.338 e. The van der Waals surface area contributed by atoms with E-state index in [9.17, 15) is 9.18 Å². The van der Waals surface area contributed by atoms with Crippen LogP contribution in [0.4, 0.5) is 9.18 Å². The van der Waals surface area contributed by atoms with Crippen molar-refractivity contribution < 1.29 is 9.18 Å². The second kappa shape index (κ2) is 10.0. The Morgan fingerprint density at radius 2 is 1.74 bits per heavy atom. The van der Waals surface area contributed by atoms with Crippen molar-refractivity contribution in [2.45, 2.75) is 25.9 Å². The third-order valence-electron chi connectivity index (χ3n) is 7.04. The Morgan fingerprint density at radius 1 is 0.974 bits per heavy atom. The number of hydrogen-bond donors (Lipinski definition) is 1. The van der Waals surface area contributed by atoms with E-state index in [2.05, 4.69) is 9.88 Å². The Labute approximate surface area is 221 Å². The van der Waals surface area contributed by atoms with Crippen molar-refractivity contribution in [1.29, 1.82) is 0 Å². The van der Waals surface area contributed by atoms with Crippen LogP contribution in [-0.2, 0) is 13.0 Å². The average Bonchev–Trinajstić information content (AvgIpc) is 3.50. The first kappa shape index (κ1) is 23.7. The van der Waals surface area contributed by atoms with E-state index < -0.39 is 6.04 Å². The van der Waals surface area contributed by atoms with Gasteiger partial charge in [0.1, 0.15) is 11.6 Å². The molecule has 1 unspecified atom stereocenters. The lowest BCUT2D eigenvalue weighted by Gasteiger charge is -2.31. The normalized spacial score (nSPS) is 14.5. The maximum atomic E-state index is 14.5. The Kier molecular flexibility index (Phi) is 6.25. The van der Waals surface area contributed by atoms with Crippen molar-refractivity contribution in [3.8, 4) is 11.5 Å². The zero-order valence-corrected chi connectivity index (χ0v) is 21.1. The first-order valence-electron chi connectivity index (χ1n) is 12.8. The van der Waals surface area contributed by atoms with Crippen LogP contribution >= 0.6 is 0 Å². The smallest absolute Gasteiger partial charge is 0.318 e. The van der Waals surface area contributed by atoms with Crippen LogP contribution in [0.25, 0.3) is 11.5 Å². The van der Waals surface area contributed by atoms with Crippen LogP contribution in [0, 0.1) is 12.7 Å². The molecule has 3 aromatic carbocycles. The van der Waals surface area contributed by atoms with E-state index in [0.717, 1.165) is 40.4 Å². The Morgan fingerprint density at radius 3 is 2.50 bits per heavy atom. The van der Waals surface area contributed by atoms with Gasteiger partial charge in [-0.1, -0.05) is 60.7 Å². The molecular weight excluding hydrogens is 477 g/mol. The molecule has 0 radical (unpaired) electrons. The molecule has 1 aliphatic rings. The fourth-order valence-corrected chi connectivity index (χ4v) is 5.24. The van der Waals surface area contributed by atoms with E-state index >= 15 is 0 Å². The molecule has 0 aliphatic carbocycles. The number of urea groups is 1. The molecule has 2 amide bonds. The van der Waals surface area contributed by atoms with E-state index in [1.54, 1.807) is 11.0 Å². The number of carbonyl (C=O) groups is 1. The molecule has 190 valence electrons. The highest BCUT2D eigenvalue weighted by molar-refractivity contribution is 5.76. The molecule has 38 heavy (non-hydrogen) atoms. The maximum absolute atomic E-state index is 14.5. The van der Waals surface area contributed by atoms with E-state index in [0.29, 0.717) is 18.7 Å². The molecule has 0 bridgehead atoms. The first-order valence-corrected chi connectivity index (χ1v) is 12.8. The second-order valence-electron chi connectivity index (χ2n) is 9.49. The highest BCUT2D eigenvalue weighted by atomic mass is 19.1. The zero-order chi connectivity index (χ0) is 26.1. The molecule has 1 aliphatic heterocycles. The highest BCUT2D eigenvalue weighted by Gasteiger charge is 2.36. The van der Waals surface area contributed by atoms with Crippen molar-refractivity contribution in [1.82, 2.24) is 24.6 Å². The molecule has 0 fully saturated rings. The SMILES string of the molecule is Cc1nn(-c2ccccc2)c2c1CN(C(=O)NCCc1ccccc1)C(c1cccc(F)c1)c1cccn1-2. The minimum atomic E-state index is -0.492. The number of halogens is 1. The summed E-state index contributed by atoms with van der Waals surface area (Å²) in [7, 11) is 0. The van der Waals surface area contributed by atoms with Crippen LogP contribution in [0.5, 0.6) is 0 Å². The van der Waals surface area contributed by atoms with E-state index in [-0.39, 0.29) is 11.8 Å². The highest BCUT2D eigenvalue weighted by Crippen LogP contribution is 2.38. The minimum Gasteiger partial charge on any atom is -0.338 e. The van der Waals surface area contributed by atoms with Crippen LogP contribution < -0.4 is 5.32 Å². The Hall–Kier alpha value is -4.65. The van der Waals surface area contributed by atoms with Gasteiger partial charge in [0.15, 0.2) is 0 Å². The summed E-state index contributed by atoms with van der Waals surface area (Å²) in [5.74, 6) is 0.549.